The summed E-state index contributed by atoms with van der Waals surface area (Å²) in [7, 11) is 0. The van der Waals surface area contributed by atoms with Gasteiger partial charge in [0.15, 0.2) is 6.10 Å². The second kappa shape index (κ2) is 59.5. The number of ether oxygens (including phenoxy) is 3. The minimum atomic E-state index is -0.765. The van der Waals surface area contributed by atoms with Crippen LogP contribution in [0.5, 0.6) is 0 Å². The third-order valence-electron chi connectivity index (χ3n) is 14.2. The number of hydrogen-bond donors (Lipinski definition) is 0. The summed E-state index contributed by atoms with van der Waals surface area (Å²) in [6, 6.07) is 0. The van der Waals surface area contributed by atoms with Crippen molar-refractivity contribution in [1.29, 1.82) is 0 Å². The molecule has 6 nitrogen and oxygen atoms in total. The number of allylic oxidation sites excluding steroid dienone is 4. The minimum absolute atomic E-state index is 0.0650. The molecule has 412 valence electrons. The van der Waals surface area contributed by atoms with E-state index in [-0.39, 0.29) is 31.1 Å². The van der Waals surface area contributed by atoms with Gasteiger partial charge in [-0.2, -0.15) is 0 Å². The third-order valence-corrected chi connectivity index (χ3v) is 14.2. The highest BCUT2D eigenvalue weighted by Crippen LogP contribution is 2.18. The maximum atomic E-state index is 12.9. The van der Waals surface area contributed by atoms with Gasteiger partial charge in [-0.05, 0) is 51.4 Å². The van der Waals surface area contributed by atoms with Gasteiger partial charge >= 0.3 is 17.9 Å². The Morgan fingerprint density at radius 2 is 0.514 bits per heavy atom. The van der Waals surface area contributed by atoms with Crippen LogP contribution in [0.3, 0.4) is 0 Å². The van der Waals surface area contributed by atoms with Gasteiger partial charge in [0, 0.05) is 19.3 Å². The average molecular weight is 986 g/mol. The molecular formula is C64H120O6. The van der Waals surface area contributed by atoms with Crippen LogP contribution in [-0.2, 0) is 28.6 Å². The molecule has 6 heteroatoms. The van der Waals surface area contributed by atoms with E-state index in [1.165, 1.54) is 244 Å². The molecular weight excluding hydrogens is 865 g/mol. The Balaban J connectivity index is 4.19. The molecule has 0 N–H and O–H groups in total. The van der Waals surface area contributed by atoms with Gasteiger partial charge in [-0.1, -0.05) is 302 Å². The molecule has 0 saturated heterocycles. The molecule has 0 aliphatic rings. The van der Waals surface area contributed by atoms with E-state index in [1.807, 2.05) is 0 Å². The van der Waals surface area contributed by atoms with Crippen LogP contribution >= 0.6 is 0 Å². The van der Waals surface area contributed by atoms with Gasteiger partial charge in [0.25, 0.3) is 0 Å². The van der Waals surface area contributed by atoms with Crippen LogP contribution in [0.15, 0.2) is 24.3 Å². The zero-order chi connectivity index (χ0) is 50.7. The minimum Gasteiger partial charge on any atom is -0.462 e. The molecule has 0 aliphatic carbocycles. The van der Waals surface area contributed by atoms with Crippen LogP contribution in [0.25, 0.3) is 0 Å². The van der Waals surface area contributed by atoms with E-state index >= 15 is 0 Å². The first-order valence-corrected chi connectivity index (χ1v) is 31.3. The van der Waals surface area contributed by atoms with Crippen molar-refractivity contribution in [3.8, 4) is 0 Å². The lowest BCUT2D eigenvalue weighted by Gasteiger charge is -2.18. The van der Waals surface area contributed by atoms with E-state index in [0.29, 0.717) is 19.3 Å². The Labute approximate surface area is 436 Å². The summed E-state index contributed by atoms with van der Waals surface area (Å²) < 4.78 is 16.9. The van der Waals surface area contributed by atoms with Crippen LogP contribution in [0.4, 0.5) is 0 Å². The van der Waals surface area contributed by atoms with Crippen molar-refractivity contribution in [1.82, 2.24) is 0 Å². The molecule has 0 aliphatic heterocycles. The predicted molar refractivity (Wildman–Crippen MR) is 303 cm³/mol. The molecule has 70 heavy (non-hydrogen) atoms. The fourth-order valence-electron chi connectivity index (χ4n) is 9.48. The van der Waals surface area contributed by atoms with E-state index in [0.717, 1.165) is 64.2 Å². The van der Waals surface area contributed by atoms with Crippen molar-refractivity contribution in [2.75, 3.05) is 13.2 Å². The van der Waals surface area contributed by atoms with Crippen molar-refractivity contribution in [2.45, 2.75) is 354 Å². The molecule has 0 bridgehead atoms. The van der Waals surface area contributed by atoms with Crippen molar-refractivity contribution in [3.63, 3.8) is 0 Å². The summed E-state index contributed by atoms with van der Waals surface area (Å²) in [6.07, 6.45) is 70.4. The molecule has 0 amide bonds. The zero-order valence-electron chi connectivity index (χ0n) is 47.3. The second-order valence-electron chi connectivity index (χ2n) is 21.3. The lowest BCUT2D eigenvalue weighted by molar-refractivity contribution is -0.167. The number of unbranched alkanes of at least 4 members (excludes halogenated alkanes) is 43. The van der Waals surface area contributed by atoms with E-state index in [1.54, 1.807) is 0 Å². The highest BCUT2D eigenvalue weighted by molar-refractivity contribution is 5.71. The van der Waals surface area contributed by atoms with Crippen LogP contribution in [0, 0.1) is 0 Å². The monoisotopic (exact) mass is 985 g/mol. The highest BCUT2D eigenvalue weighted by Gasteiger charge is 2.19. The summed E-state index contributed by atoms with van der Waals surface area (Å²) in [4.78, 5) is 38.2. The normalized spacial score (nSPS) is 12.1. The van der Waals surface area contributed by atoms with E-state index < -0.39 is 6.10 Å². The molecule has 0 saturated carbocycles. The van der Waals surface area contributed by atoms with E-state index in [4.69, 9.17) is 14.2 Å². The SMILES string of the molecule is CCCCCCC/C=C\C/C=C\CCCCCCCCCCCCCCCC(=O)OCC(COC(=O)CCCCCCCCCCCCC)OC(=O)CCCCCCCCCCCCCCCCCC. The maximum absolute atomic E-state index is 12.9. The lowest BCUT2D eigenvalue weighted by atomic mass is 10.0. The number of carbonyl (C=O) groups is 3. The topological polar surface area (TPSA) is 78.9 Å². The predicted octanol–water partition coefficient (Wildman–Crippen LogP) is 21.1. The summed E-state index contributed by atoms with van der Waals surface area (Å²) >= 11 is 0. The van der Waals surface area contributed by atoms with Gasteiger partial charge < -0.3 is 14.2 Å². The van der Waals surface area contributed by atoms with Gasteiger partial charge in [0.2, 0.25) is 0 Å². The van der Waals surface area contributed by atoms with Gasteiger partial charge in [0.1, 0.15) is 13.2 Å². The zero-order valence-corrected chi connectivity index (χ0v) is 47.3. The number of hydrogen-bond acceptors (Lipinski definition) is 6. The fraction of sp³-hybridized carbons (Fsp3) is 0.891. The Bertz CT molecular complexity index is 1130. The van der Waals surface area contributed by atoms with E-state index in [2.05, 4.69) is 45.1 Å². The molecule has 0 aromatic rings. The number of rotatable bonds is 58. The molecule has 0 aromatic carbocycles. The Hall–Kier alpha value is -2.11. The van der Waals surface area contributed by atoms with Gasteiger partial charge in [-0.15, -0.1) is 0 Å². The second-order valence-corrected chi connectivity index (χ2v) is 21.3. The van der Waals surface area contributed by atoms with Crippen LogP contribution < -0.4 is 0 Å². The lowest BCUT2D eigenvalue weighted by Crippen LogP contribution is -2.30. The largest absolute Gasteiger partial charge is 0.462 e. The first-order chi connectivity index (χ1) is 34.5. The van der Waals surface area contributed by atoms with E-state index in [9.17, 15) is 14.4 Å². The maximum Gasteiger partial charge on any atom is 0.306 e. The number of carbonyl (C=O) groups excluding carboxylic acids is 3. The molecule has 0 fully saturated rings. The molecule has 0 aromatic heterocycles. The first kappa shape index (κ1) is 67.9. The number of esters is 3. The van der Waals surface area contributed by atoms with Gasteiger partial charge in [-0.3, -0.25) is 14.4 Å². The van der Waals surface area contributed by atoms with Crippen LogP contribution in [0.2, 0.25) is 0 Å². The summed E-state index contributed by atoms with van der Waals surface area (Å²) in [5, 5.41) is 0. The average Bonchev–Trinajstić information content (AvgIpc) is 3.36. The molecule has 1 atom stereocenters. The van der Waals surface area contributed by atoms with Crippen LogP contribution in [-0.4, -0.2) is 37.2 Å². The molecule has 1 unspecified atom stereocenters. The smallest absolute Gasteiger partial charge is 0.306 e. The first-order valence-electron chi connectivity index (χ1n) is 31.3. The molecule has 0 rings (SSSR count). The molecule has 0 heterocycles. The van der Waals surface area contributed by atoms with Gasteiger partial charge in [-0.25, -0.2) is 0 Å². The van der Waals surface area contributed by atoms with Crippen LogP contribution in [0.1, 0.15) is 348 Å². The summed E-state index contributed by atoms with van der Waals surface area (Å²) in [5.74, 6) is -0.841. The highest BCUT2D eigenvalue weighted by atomic mass is 16.6. The third kappa shape index (κ3) is 56.8. The van der Waals surface area contributed by atoms with Crippen molar-refractivity contribution in [2.24, 2.45) is 0 Å². The summed E-state index contributed by atoms with van der Waals surface area (Å²) in [6.45, 7) is 6.68. The fourth-order valence-corrected chi connectivity index (χ4v) is 9.48. The Morgan fingerprint density at radius 3 is 0.786 bits per heavy atom. The molecule has 0 spiro atoms. The Kier molecular flexibility index (Phi) is 57.7. The van der Waals surface area contributed by atoms with Gasteiger partial charge in [0.05, 0.1) is 0 Å². The Morgan fingerprint density at radius 1 is 0.286 bits per heavy atom. The summed E-state index contributed by atoms with van der Waals surface area (Å²) in [5.41, 5.74) is 0. The standard InChI is InChI=1S/C64H120O6/c1-4-7-10-13-16-19-22-24-26-28-29-30-31-32-33-34-35-36-38-39-42-45-48-51-54-57-63(66)69-60-61(59-68-62(65)56-53-50-47-44-41-21-18-15-12-9-6-3)70-64(67)58-55-52-49-46-43-40-37-27-25-23-20-17-14-11-8-5-2/h22,24,28-29,61H,4-21,23,25-27,30-60H2,1-3H3/b24-22-,29-28-. The van der Waals surface area contributed by atoms with Crippen molar-refractivity contribution >= 4 is 17.9 Å². The quantitative estimate of drug-likeness (QED) is 0.0261. The van der Waals surface area contributed by atoms with Crippen molar-refractivity contribution < 1.29 is 28.6 Å². The molecule has 0 radical (unpaired) electrons. The van der Waals surface area contributed by atoms with Crippen molar-refractivity contribution in [3.05, 3.63) is 24.3 Å².